The Balaban J connectivity index is 2.10. The Hall–Kier alpha value is -1.88. The zero-order valence-corrected chi connectivity index (χ0v) is 14.0. The molecule has 1 atom stereocenters. The maximum absolute atomic E-state index is 12.4. The predicted molar refractivity (Wildman–Crippen MR) is 87.2 cm³/mol. The summed E-state index contributed by atoms with van der Waals surface area (Å²) in [4.78, 5) is 25.7. The minimum Gasteiger partial charge on any atom is -0.478 e. The largest absolute Gasteiger partial charge is 0.478 e. The van der Waals surface area contributed by atoms with Crippen LogP contribution in [0.25, 0.3) is 0 Å². The molecule has 23 heavy (non-hydrogen) atoms. The Morgan fingerprint density at radius 2 is 2.13 bits per heavy atom. The number of hydrogen-bond donors (Lipinski definition) is 1. The number of carbonyl (C=O) groups is 2. The Labute approximate surface area is 137 Å². The van der Waals surface area contributed by atoms with Crippen LogP contribution in [0.3, 0.4) is 0 Å². The molecule has 0 bridgehead atoms. The van der Waals surface area contributed by atoms with Crippen LogP contribution in [-0.4, -0.2) is 41.6 Å². The van der Waals surface area contributed by atoms with Gasteiger partial charge in [0, 0.05) is 13.1 Å². The maximum Gasteiger partial charge on any atom is 0.335 e. The van der Waals surface area contributed by atoms with Crippen LogP contribution in [0.2, 0.25) is 0 Å². The minimum absolute atomic E-state index is 0.114. The SMILES string of the molecule is CCOC(=O)C1(C(C)C)CCN(Cc2cccc(C(=O)O)c2)C1. The topological polar surface area (TPSA) is 66.8 Å². The fourth-order valence-corrected chi connectivity index (χ4v) is 3.26. The van der Waals surface area contributed by atoms with Crippen molar-refractivity contribution in [1.82, 2.24) is 4.90 Å². The summed E-state index contributed by atoms with van der Waals surface area (Å²) in [5.74, 6) is -0.829. The van der Waals surface area contributed by atoms with Crippen molar-refractivity contribution in [3.8, 4) is 0 Å². The number of carbonyl (C=O) groups excluding carboxylic acids is 1. The highest BCUT2D eigenvalue weighted by Crippen LogP contribution is 2.39. The number of esters is 1. The van der Waals surface area contributed by atoms with E-state index < -0.39 is 11.4 Å². The zero-order valence-electron chi connectivity index (χ0n) is 14.0. The molecule has 0 spiro atoms. The van der Waals surface area contributed by atoms with Crippen molar-refractivity contribution in [2.24, 2.45) is 11.3 Å². The average molecular weight is 319 g/mol. The Kier molecular flexibility index (Phi) is 5.42. The highest BCUT2D eigenvalue weighted by atomic mass is 16.5. The number of likely N-dealkylation sites (tertiary alicyclic amines) is 1. The van der Waals surface area contributed by atoms with E-state index >= 15 is 0 Å². The smallest absolute Gasteiger partial charge is 0.335 e. The van der Waals surface area contributed by atoms with Crippen LogP contribution in [0.1, 0.15) is 43.1 Å². The van der Waals surface area contributed by atoms with Gasteiger partial charge in [-0.15, -0.1) is 0 Å². The van der Waals surface area contributed by atoms with Gasteiger partial charge in [0.2, 0.25) is 0 Å². The van der Waals surface area contributed by atoms with Gasteiger partial charge in [-0.3, -0.25) is 9.69 Å². The molecule has 0 aromatic heterocycles. The van der Waals surface area contributed by atoms with Gasteiger partial charge in [0.15, 0.2) is 0 Å². The first-order chi connectivity index (χ1) is 10.9. The van der Waals surface area contributed by atoms with Crippen molar-refractivity contribution >= 4 is 11.9 Å². The van der Waals surface area contributed by atoms with Crippen molar-refractivity contribution in [3.05, 3.63) is 35.4 Å². The molecule has 0 amide bonds. The second kappa shape index (κ2) is 7.13. The van der Waals surface area contributed by atoms with E-state index in [2.05, 4.69) is 18.7 Å². The summed E-state index contributed by atoms with van der Waals surface area (Å²) >= 11 is 0. The number of rotatable bonds is 6. The Morgan fingerprint density at radius 1 is 1.39 bits per heavy atom. The van der Waals surface area contributed by atoms with E-state index in [1.54, 1.807) is 18.2 Å². The van der Waals surface area contributed by atoms with Crippen LogP contribution in [-0.2, 0) is 16.1 Å². The predicted octanol–water partition coefficient (Wildman–Crippen LogP) is 2.80. The number of carboxylic acids is 1. The number of hydrogen-bond acceptors (Lipinski definition) is 4. The first-order valence-corrected chi connectivity index (χ1v) is 8.11. The third-order valence-electron chi connectivity index (χ3n) is 4.75. The molecule has 0 saturated carbocycles. The number of carboxylic acid groups (broad SMARTS) is 1. The second-order valence-electron chi connectivity index (χ2n) is 6.50. The molecule has 1 aromatic rings. The van der Waals surface area contributed by atoms with Gasteiger partial charge in [-0.2, -0.15) is 0 Å². The molecule has 126 valence electrons. The number of ether oxygens (including phenoxy) is 1. The molecule has 5 nitrogen and oxygen atoms in total. The third-order valence-corrected chi connectivity index (χ3v) is 4.75. The quantitative estimate of drug-likeness (QED) is 0.817. The van der Waals surface area contributed by atoms with Gasteiger partial charge >= 0.3 is 11.9 Å². The van der Waals surface area contributed by atoms with Gasteiger partial charge in [-0.05, 0) is 43.5 Å². The molecule has 0 aliphatic carbocycles. The lowest BCUT2D eigenvalue weighted by molar-refractivity contribution is -0.157. The van der Waals surface area contributed by atoms with Crippen LogP contribution in [0.5, 0.6) is 0 Å². The summed E-state index contributed by atoms with van der Waals surface area (Å²) in [6.07, 6.45) is 0.780. The fraction of sp³-hybridized carbons (Fsp3) is 0.556. The molecular weight excluding hydrogens is 294 g/mol. The maximum atomic E-state index is 12.4. The van der Waals surface area contributed by atoms with Gasteiger partial charge in [-0.1, -0.05) is 26.0 Å². The molecule has 1 heterocycles. The normalized spacial score (nSPS) is 21.6. The highest BCUT2D eigenvalue weighted by molar-refractivity contribution is 5.87. The van der Waals surface area contributed by atoms with Crippen molar-refractivity contribution in [3.63, 3.8) is 0 Å². The Bertz CT molecular complexity index is 584. The van der Waals surface area contributed by atoms with E-state index in [1.807, 2.05) is 13.0 Å². The molecule has 1 aliphatic rings. The Morgan fingerprint density at radius 3 is 2.74 bits per heavy atom. The summed E-state index contributed by atoms with van der Waals surface area (Å²) in [7, 11) is 0. The molecule has 0 radical (unpaired) electrons. The molecule has 1 aliphatic heterocycles. The zero-order chi connectivity index (χ0) is 17.0. The lowest BCUT2D eigenvalue weighted by Gasteiger charge is -2.31. The fourth-order valence-electron chi connectivity index (χ4n) is 3.26. The summed E-state index contributed by atoms with van der Waals surface area (Å²) < 4.78 is 5.30. The van der Waals surface area contributed by atoms with Gasteiger partial charge in [0.25, 0.3) is 0 Å². The van der Waals surface area contributed by atoms with E-state index in [0.29, 0.717) is 25.3 Å². The second-order valence-corrected chi connectivity index (χ2v) is 6.50. The van der Waals surface area contributed by atoms with Gasteiger partial charge in [0.05, 0.1) is 17.6 Å². The van der Waals surface area contributed by atoms with E-state index in [4.69, 9.17) is 9.84 Å². The van der Waals surface area contributed by atoms with Crippen LogP contribution < -0.4 is 0 Å². The van der Waals surface area contributed by atoms with Gasteiger partial charge in [-0.25, -0.2) is 4.79 Å². The standard InChI is InChI=1S/C18H25NO4/c1-4-23-17(22)18(13(2)3)8-9-19(12-18)11-14-6-5-7-15(10-14)16(20)21/h5-7,10,13H,4,8-9,11-12H2,1-3H3,(H,20,21). The van der Waals surface area contributed by atoms with Crippen molar-refractivity contribution in [2.75, 3.05) is 19.7 Å². The summed E-state index contributed by atoms with van der Waals surface area (Å²) in [5, 5.41) is 9.08. The van der Waals surface area contributed by atoms with Crippen LogP contribution >= 0.6 is 0 Å². The first kappa shape index (κ1) is 17.5. The summed E-state index contributed by atoms with van der Waals surface area (Å²) in [6.45, 7) is 8.46. The van der Waals surface area contributed by atoms with E-state index in [-0.39, 0.29) is 11.9 Å². The molecule has 1 unspecified atom stereocenters. The van der Waals surface area contributed by atoms with E-state index in [9.17, 15) is 9.59 Å². The molecule has 1 N–H and O–H groups in total. The molecule has 1 fully saturated rings. The van der Waals surface area contributed by atoms with Crippen molar-refractivity contribution in [2.45, 2.75) is 33.7 Å². The van der Waals surface area contributed by atoms with Gasteiger partial charge < -0.3 is 9.84 Å². The van der Waals surface area contributed by atoms with E-state index in [0.717, 1.165) is 18.5 Å². The van der Waals surface area contributed by atoms with Gasteiger partial charge in [0.1, 0.15) is 0 Å². The third kappa shape index (κ3) is 3.72. The molecular formula is C18H25NO4. The molecule has 5 heteroatoms. The van der Waals surface area contributed by atoms with Crippen molar-refractivity contribution < 1.29 is 19.4 Å². The summed E-state index contributed by atoms with van der Waals surface area (Å²) in [6, 6.07) is 6.97. The number of aromatic carboxylic acids is 1. The number of benzene rings is 1. The average Bonchev–Trinajstić information content (AvgIpc) is 2.93. The monoisotopic (exact) mass is 319 g/mol. The van der Waals surface area contributed by atoms with Crippen LogP contribution in [0.4, 0.5) is 0 Å². The molecule has 2 rings (SSSR count). The molecule has 1 aromatic carbocycles. The first-order valence-electron chi connectivity index (χ1n) is 8.11. The summed E-state index contributed by atoms with van der Waals surface area (Å²) in [5.41, 5.74) is 0.788. The number of nitrogens with zero attached hydrogens (tertiary/aromatic N) is 1. The van der Waals surface area contributed by atoms with Crippen LogP contribution in [0, 0.1) is 11.3 Å². The molecule has 1 saturated heterocycles. The lowest BCUT2D eigenvalue weighted by Crippen LogP contribution is -2.40. The van der Waals surface area contributed by atoms with E-state index in [1.165, 1.54) is 0 Å². The van der Waals surface area contributed by atoms with Crippen molar-refractivity contribution in [1.29, 1.82) is 0 Å². The minimum atomic E-state index is -0.920. The van der Waals surface area contributed by atoms with Crippen LogP contribution in [0.15, 0.2) is 24.3 Å². The highest BCUT2D eigenvalue weighted by Gasteiger charge is 2.48. The lowest BCUT2D eigenvalue weighted by atomic mass is 9.76.